The molecule has 6 heteroatoms. The second-order valence-corrected chi connectivity index (χ2v) is 18.1. The summed E-state index contributed by atoms with van der Waals surface area (Å²) in [5, 5.41) is 0. The van der Waals surface area contributed by atoms with Crippen molar-refractivity contribution in [2.45, 2.75) is 219 Å². The van der Waals surface area contributed by atoms with Gasteiger partial charge in [0.2, 0.25) is 0 Å². The van der Waals surface area contributed by atoms with E-state index in [0.717, 1.165) is 135 Å². The molecule has 0 aliphatic rings. The Kier molecular flexibility index (Phi) is 55.1. The Morgan fingerprint density at radius 1 is 0.288 bits per heavy atom. The number of esters is 3. The molecule has 0 fully saturated rings. The number of ether oxygens (including phenoxy) is 3. The van der Waals surface area contributed by atoms with Crippen molar-refractivity contribution in [3.8, 4) is 0 Å². The summed E-state index contributed by atoms with van der Waals surface area (Å²) in [5.41, 5.74) is 0. The summed E-state index contributed by atoms with van der Waals surface area (Å²) in [6.45, 7) is 6.26. The minimum absolute atomic E-state index is 0.135. The first-order chi connectivity index (χ1) is 36.0. The van der Waals surface area contributed by atoms with E-state index in [9.17, 15) is 14.4 Å². The highest BCUT2D eigenvalue weighted by molar-refractivity contribution is 5.71. The molecule has 0 N–H and O–H groups in total. The summed E-state index contributed by atoms with van der Waals surface area (Å²) in [5.74, 6) is -1.07. The predicted molar refractivity (Wildman–Crippen MR) is 315 cm³/mol. The van der Waals surface area contributed by atoms with Gasteiger partial charge in [0.05, 0.1) is 0 Å². The van der Waals surface area contributed by atoms with Crippen molar-refractivity contribution in [1.29, 1.82) is 0 Å². The van der Waals surface area contributed by atoms with Crippen LogP contribution in [0.15, 0.2) is 170 Å². The molecule has 0 amide bonds. The predicted octanol–water partition coefficient (Wildman–Crippen LogP) is 19.5. The van der Waals surface area contributed by atoms with Gasteiger partial charge in [0, 0.05) is 19.3 Å². The molecule has 0 spiro atoms. The van der Waals surface area contributed by atoms with Crippen molar-refractivity contribution in [3.63, 3.8) is 0 Å². The Morgan fingerprint density at radius 2 is 0.548 bits per heavy atom. The van der Waals surface area contributed by atoms with Gasteiger partial charge in [-0.1, -0.05) is 217 Å². The van der Waals surface area contributed by atoms with Crippen LogP contribution in [0.25, 0.3) is 0 Å². The maximum absolute atomic E-state index is 12.9. The molecule has 0 aromatic rings. The van der Waals surface area contributed by atoms with Crippen molar-refractivity contribution in [2.75, 3.05) is 13.2 Å². The van der Waals surface area contributed by atoms with E-state index in [4.69, 9.17) is 14.2 Å². The molecule has 0 rings (SSSR count). The Morgan fingerprint density at radius 3 is 0.863 bits per heavy atom. The lowest BCUT2D eigenvalue weighted by atomic mass is 10.1. The summed E-state index contributed by atoms with van der Waals surface area (Å²) in [6.07, 6.45) is 87.7. The highest BCUT2D eigenvalue weighted by Crippen LogP contribution is 2.11. The Labute approximate surface area is 447 Å². The monoisotopic (exact) mass is 1000 g/mol. The smallest absolute Gasteiger partial charge is 0.306 e. The average molecular weight is 1000 g/mol. The zero-order chi connectivity index (χ0) is 52.9. The molecule has 73 heavy (non-hydrogen) atoms. The van der Waals surface area contributed by atoms with Gasteiger partial charge in [0.25, 0.3) is 0 Å². The van der Waals surface area contributed by atoms with Gasteiger partial charge in [-0.3, -0.25) is 14.4 Å². The second-order valence-electron chi connectivity index (χ2n) is 18.1. The number of allylic oxidation sites excluding steroid dienone is 28. The lowest BCUT2D eigenvalue weighted by Crippen LogP contribution is -2.30. The number of hydrogen-bond acceptors (Lipinski definition) is 6. The number of carbonyl (C=O) groups is 3. The molecule has 6 nitrogen and oxygen atoms in total. The van der Waals surface area contributed by atoms with Gasteiger partial charge in [0.1, 0.15) is 13.2 Å². The first-order valence-corrected chi connectivity index (χ1v) is 28.6. The maximum atomic E-state index is 12.9. The van der Waals surface area contributed by atoms with E-state index >= 15 is 0 Å². The van der Waals surface area contributed by atoms with Crippen LogP contribution >= 0.6 is 0 Å². The quantitative estimate of drug-likeness (QED) is 0.0261. The molecule has 0 heterocycles. The number of rotatable bonds is 49. The van der Waals surface area contributed by atoms with Crippen LogP contribution in [-0.2, 0) is 28.6 Å². The van der Waals surface area contributed by atoms with Crippen LogP contribution in [0.4, 0.5) is 0 Å². The van der Waals surface area contributed by atoms with Crippen LogP contribution in [0.1, 0.15) is 213 Å². The maximum Gasteiger partial charge on any atom is 0.306 e. The van der Waals surface area contributed by atoms with Crippen molar-refractivity contribution < 1.29 is 28.6 Å². The SMILES string of the molecule is CC/C=C\C/C=C\C/C=C\C/C=C\C/C=C\CCCCCC(=O)OC[C@@H](COC(=O)CCC/C=C\C/C=C\C/C=C\C/C=C\C/C=C\CC)OC(=O)CCCCC/C=C\C/C=C\C/C=C\C/C=C\CCCCC. The van der Waals surface area contributed by atoms with Crippen LogP contribution in [0.3, 0.4) is 0 Å². The Bertz CT molecular complexity index is 1720. The van der Waals surface area contributed by atoms with Gasteiger partial charge < -0.3 is 14.2 Å². The fourth-order valence-corrected chi connectivity index (χ4v) is 6.96. The van der Waals surface area contributed by atoms with E-state index in [1.165, 1.54) is 25.7 Å². The van der Waals surface area contributed by atoms with Crippen molar-refractivity contribution >= 4 is 17.9 Å². The summed E-state index contributed by atoms with van der Waals surface area (Å²) in [4.78, 5) is 38.2. The molecular formula is C67H102O6. The van der Waals surface area contributed by atoms with E-state index in [-0.39, 0.29) is 44.0 Å². The van der Waals surface area contributed by atoms with Crippen molar-refractivity contribution in [1.82, 2.24) is 0 Å². The highest BCUT2D eigenvalue weighted by atomic mass is 16.6. The average Bonchev–Trinajstić information content (AvgIpc) is 3.39. The van der Waals surface area contributed by atoms with Crippen LogP contribution in [0, 0.1) is 0 Å². The third-order valence-electron chi connectivity index (χ3n) is 11.2. The third-order valence-corrected chi connectivity index (χ3v) is 11.2. The van der Waals surface area contributed by atoms with E-state index in [1.807, 2.05) is 0 Å². The Balaban J connectivity index is 4.64. The van der Waals surface area contributed by atoms with Crippen LogP contribution in [0.5, 0.6) is 0 Å². The number of hydrogen-bond donors (Lipinski definition) is 0. The summed E-state index contributed by atoms with van der Waals surface area (Å²) < 4.78 is 16.8. The molecule has 0 radical (unpaired) electrons. The van der Waals surface area contributed by atoms with Crippen molar-refractivity contribution in [3.05, 3.63) is 170 Å². The third kappa shape index (κ3) is 57.5. The van der Waals surface area contributed by atoms with Crippen LogP contribution in [0.2, 0.25) is 0 Å². The van der Waals surface area contributed by atoms with E-state index in [1.54, 1.807) is 0 Å². The van der Waals surface area contributed by atoms with Gasteiger partial charge in [-0.25, -0.2) is 0 Å². The topological polar surface area (TPSA) is 78.9 Å². The van der Waals surface area contributed by atoms with Crippen molar-refractivity contribution in [2.24, 2.45) is 0 Å². The molecule has 406 valence electrons. The highest BCUT2D eigenvalue weighted by Gasteiger charge is 2.19. The first-order valence-electron chi connectivity index (χ1n) is 28.6. The largest absolute Gasteiger partial charge is 0.462 e. The minimum atomic E-state index is -0.842. The van der Waals surface area contributed by atoms with E-state index < -0.39 is 6.10 Å². The standard InChI is InChI=1S/C67H102O6/c1-4-7-10-13-16-19-22-25-28-31-33-36-39-42-45-48-51-54-57-60-66(69)72-63-64(62-71-65(68)59-56-53-50-47-44-41-38-35-30-27-24-21-18-15-12-9-6-3)73-67(70)61-58-55-52-49-46-43-40-37-34-32-29-26-23-20-17-14-11-8-5-2/h7,9-10,12,16-21,25-30,33-34,36-38,41-43,45-47,50,64H,4-6,8,11,13-15,22-24,31-32,35,39-40,44,48-49,51-63H2,1-3H3/b10-7-,12-9-,19-16-,20-17-,21-18-,28-25-,29-26-,30-27-,36-33-,37-34-,41-38-,45-42-,46-43-,50-47-/t64-/m1/s1. The van der Waals surface area contributed by atoms with Crippen LogP contribution in [-0.4, -0.2) is 37.2 Å². The second kappa shape index (κ2) is 59.3. The lowest BCUT2D eigenvalue weighted by molar-refractivity contribution is -0.167. The number of carbonyl (C=O) groups excluding carboxylic acids is 3. The molecule has 0 aliphatic carbocycles. The number of unbranched alkanes of at least 4 members (excludes halogenated alkanes) is 10. The van der Waals surface area contributed by atoms with E-state index in [0.29, 0.717) is 19.3 Å². The molecule has 1 atom stereocenters. The van der Waals surface area contributed by atoms with Gasteiger partial charge in [-0.2, -0.15) is 0 Å². The van der Waals surface area contributed by atoms with E-state index in [2.05, 4.69) is 191 Å². The summed E-state index contributed by atoms with van der Waals surface area (Å²) in [7, 11) is 0. The molecule has 0 bridgehead atoms. The summed E-state index contributed by atoms with van der Waals surface area (Å²) >= 11 is 0. The Hall–Kier alpha value is -5.23. The molecule has 0 saturated carbocycles. The molecule has 0 aromatic carbocycles. The normalized spacial score (nSPS) is 13.4. The fraction of sp³-hybridized carbons (Fsp3) is 0.537. The minimum Gasteiger partial charge on any atom is -0.462 e. The zero-order valence-electron chi connectivity index (χ0n) is 46.3. The van der Waals surface area contributed by atoms with Gasteiger partial charge >= 0.3 is 17.9 Å². The molecule has 0 unspecified atom stereocenters. The molecule has 0 aromatic heterocycles. The lowest BCUT2D eigenvalue weighted by Gasteiger charge is -2.18. The van der Waals surface area contributed by atoms with Gasteiger partial charge in [0.15, 0.2) is 6.10 Å². The molecule has 0 aliphatic heterocycles. The van der Waals surface area contributed by atoms with Crippen LogP contribution < -0.4 is 0 Å². The van der Waals surface area contributed by atoms with Gasteiger partial charge in [-0.05, 0) is 148 Å². The molecular weight excluding hydrogens is 901 g/mol. The summed E-state index contributed by atoms with van der Waals surface area (Å²) in [6, 6.07) is 0. The zero-order valence-corrected chi connectivity index (χ0v) is 46.3. The fourth-order valence-electron chi connectivity index (χ4n) is 6.96. The molecule has 0 saturated heterocycles. The first kappa shape index (κ1) is 67.8. The van der Waals surface area contributed by atoms with Gasteiger partial charge in [-0.15, -0.1) is 0 Å².